The van der Waals surface area contributed by atoms with E-state index in [9.17, 15) is 9.59 Å². The Bertz CT molecular complexity index is 868. The molecule has 0 bridgehead atoms. The molecule has 140 valence electrons. The van der Waals surface area contributed by atoms with Gasteiger partial charge in [0.25, 0.3) is 5.56 Å². The van der Waals surface area contributed by atoms with Gasteiger partial charge in [0.1, 0.15) is 5.82 Å². The first-order chi connectivity index (χ1) is 12.3. The van der Waals surface area contributed by atoms with E-state index in [2.05, 4.69) is 10.1 Å². The summed E-state index contributed by atoms with van der Waals surface area (Å²) < 4.78 is 12.3. The molecule has 2 rings (SSSR count). The van der Waals surface area contributed by atoms with Gasteiger partial charge in [0.05, 0.1) is 18.9 Å². The maximum atomic E-state index is 11.7. The Kier molecular flexibility index (Phi) is 6.21. The van der Waals surface area contributed by atoms with Crippen LogP contribution in [0.1, 0.15) is 26.3 Å². The lowest BCUT2D eigenvalue weighted by Gasteiger charge is -2.15. The molecule has 1 N–H and O–H groups in total. The molecule has 0 radical (unpaired) electrons. The quantitative estimate of drug-likeness (QED) is 0.600. The number of aromatic nitrogens is 2. The molecule has 0 aliphatic carbocycles. The van der Waals surface area contributed by atoms with Crippen LogP contribution in [-0.2, 0) is 7.05 Å². The van der Waals surface area contributed by atoms with Crippen molar-refractivity contribution in [2.45, 2.75) is 26.9 Å². The highest BCUT2D eigenvalue weighted by Gasteiger charge is 2.08. The minimum Gasteiger partial charge on any atom is -0.490 e. The van der Waals surface area contributed by atoms with Gasteiger partial charge >= 0.3 is 5.69 Å². The maximum absolute atomic E-state index is 11.7. The van der Waals surface area contributed by atoms with E-state index >= 15 is 0 Å². The van der Waals surface area contributed by atoms with Crippen LogP contribution < -0.4 is 25.7 Å². The summed E-state index contributed by atoms with van der Waals surface area (Å²) >= 11 is 0. The Morgan fingerprint density at radius 3 is 2.62 bits per heavy atom. The fourth-order valence-corrected chi connectivity index (χ4v) is 2.16. The number of aromatic amines is 1. The second-order valence-electron chi connectivity index (χ2n) is 5.93. The van der Waals surface area contributed by atoms with Gasteiger partial charge in [-0.15, -0.1) is 0 Å². The van der Waals surface area contributed by atoms with E-state index < -0.39 is 11.2 Å². The number of ether oxygens (including phenoxy) is 2. The predicted octanol–water partition coefficient (Wildman–Crippen LogP) is 1.73. The van der Waals surface area contributed by atoms with Crippen LogP contribution in [0.15, 0.2) is 39.0 Å². The van der Waals surface area contributed by atoms with Crippen molar-refractivity contribution in [2.75, 3.05) is 18.7 Å². The molecule has 8 nitrogen and oxygen atoms in total. The number of H-pyrrole nitrogens is 1. The molecule has 0 amide bonds. The minimum absolute atomic E-state index is 0.0392. The van der Waals surface area contributed by atoms with E-state index in [4.69, 9.17) is 9.47 Å². The van der Waals surface area contributed by atoms with E-state index in [1.165, 1.54) is 18.1 Å². The van der Waals surface area contributed by atoms with Crippen LogP contribution in [0.4, 0.5) is 5.82 Å². The first kappa shape index (κ1) is 19.3. The molecule has 0 aliphatic heterocycles. The van der Waals surface area contributed by atoms with Crippen molar-refractivity contribution in [1.29, 1.82) is 0 Å². The van der Waals surface area contributed by atoms with Crippen LogP contribution in [0.25, 0.3) is 0 Å². The summed E-state index contributed by atoms with van der Waals surface area (Å²) in [5.74, 6) is 1.61. The SMILES string of the molecule is CCOc1cc(C=NN(C)c2cc(=O)n(C)c(=O)[nH]2)ccc1OC(C)C. The van der Waals surface area contributed by atoms with Crippen molar-refractivity contribution in [3.63, 3.8) is 0 Å². The van der Waals surface area contributed by atoms with Crippen molar-refractivity contribution in [1.82, 2.24) is 9.55 Å². The zero-order valence-corrected chi connectivity index (χ0v) is 15.6. The number of hydrogen-bond acceptors (Lipinski definition) is 6. The van der Waals surface area contributed by atoms with Crippen molar-refractivity contribution < 1.29 is 9.47 Å². The molecule has 8 heteroatoms. The van der Waals surface area contributed by atoms with Crippen LogP contribution in [0.3, 0.4) is 0 Å². The fraction of sp³-hybridized carbons (Fsp3) is 0.389. The molecule has 0 fully saturated rings. The molecule has 1 aromatic heterocycles. The largest absolute Gasteiger partial charge is 0.490 e. The van der Waals surface area contributed by atoms with Gasteiger partial charge in [0.2, 0.25) is 0 Å². The van der Waals surface area contributed by atoms with E-state index in [0.29, 0.717) is 23.9 Å². The first-order valence-corrected chi connectivity index (χ1v) is 8.33. The monoisotopic (exact) mass is 360 g/mol. The van der Waals surface area contributed by atoms with Gasteiger partial charge in [0, 0.05) is 20.2 Å². The molecule has 0 spiro atoms. The summed E-state index contributed by atoms with van der Waals surface area (Å²) in [5.41, 5.74) is -0.106. The summed E-state index contributed by atoms with van der Waals surface area (Å²) in [4.78, 5) is 26.0. The van der Waals surface area contributed by atoms with Gasteiger partial charge in [0.15, 0.2) is 11.5 Å². The lowest BCUT2D eigenvalue weighted by atomic mass is 10.2. The number of anilines is 1. The first-order valence-electron chi connectivity index (χ1n) is 8.33. The third kappa shape index (κ3) is 4.75. The number of hydrazone groups is 1. The summed E-state index contributed by atoms with van der Waals surface area (Å²) in [7, 11) is 3.05. The van der Waals surface area contributed by atoms with Crippen LogP contribution in [-0.4, -0.2) is 35.5 Å². The molecular formula is C18H24N4O4. The van der Waals surface area contributed by atoms with Crippen LogP contribution >= 0.6 is 0 Å². The van der Waals surface area contributed by atoms with Crippen molar-refractivity contribution >= 4 is 12.0 Å². The van der Waals surface area contributed by atoms with Gasteiger partial charge in [-0.3, -0.25) is 19.4 Å². The summed E-state index contributed by atoms with van der Waals surface area (Å²) in [6.07, 6.45) is 1.65. The second-order valence-corrected chi connectivity index (χ2v) is 5.93. The topological polar surface area (TPSA) is 88.9 Å². The van der Waals surface area contributed by atoms with Crippen LogP contribution in [0, 0.1) is 0 Å². The Morgan fingerprint density at radius 2 is 2.00 bits per heavy atom. The second kappa shape index (κ2) is 8.37. The maximum Gasteiger partial charge on any atom is 0.329 e. The Morgan fingerprint density at radius 1 is 1.27 bits per heavy atom. The third-order valence-electron chi connectivity index (χ3n) is 3.49. The number of nitrogens with zero attached hydrogens (tertiary/aromatic N) is 3. The molecule has 26 heavy (non-hydrogen) atoms. The van der Waals surface area contributed by atoms with Crippen LogP contribution in [0.2, 0.25) is 0 Å². The highest BCUT2D eigenvalue weighted by molar-refractivity contribution is 5.81. The zero-order valence-electron chi connectivity index (χ0n) is 15.6. The minimum atomic E-state index is -0.497. The smallest absolute Gasteiger partial charge is 0.329 e. The van der Waals surface area contributed by atoms with Crippen molar-refractivity contribution in [3.05, 3.63) is 50.7 Å². The van der Waals surface area contributed by atoms with E-state index in [0.717, 1.165) is 10.1 Å². The highest BCUT2D eigenvalue weighted by Crippen LogP contribution is 2.29. The van der Waals surface area contributed by atoms with Gasteiger partial charge in [-0.05, 0) is 44.5 Å². The third-order valence-corrected chi connectivity index (χ3v) is 3.49. The van der Waals surface area contributed by atoms with Gasteiger partial charge in [-0.2, -0.15) is 5.10 Å². The molecule has 0 saturated heterocycles. The van der Waals surface area contributed by atoms with Crippen LogP contribution in [0.5, 0.6) is 11.5 Å². The Hall–Kier alpha value is -3.03. The molecule has 0 unspecified atom stereocenters. The molecular weight excluding hydrogens is 336 g/mol. The fourth-order valence-electron chi connectivity index (χ4n) is 2.16. The van der Waals surface area contributed by atoms with E-state index in [-0.39, 0.29) is 6.10 Å². The summed E-state index contributed by atoms with van der Waals surface area (Å²) in [6.45, 7) is 6.32. The molecule has 0 aliphatic rings. The van der Waals surface area contributed by atoms with Gasteiger partial charge in [-0.1, -0.05) is 0 Å². The highest BCUT2D eigenvalue weighted by atomic mass is 16.5. The number of nitrogens with one attached hydrogen (secondary N) is 1. The molecule has 2 aromatic rings. The van der Waals surface area contributed by atoms with Gasteiger partial charge in [-0.25, -0.2) is 4.79 Å². The average Bonchev–Trinajstić information content (AvgIpc) is 2.58. The number of rotatable bonds is 7. The Balaban J connectivity index is 2.25. The average molecular weight is 360 g/mol. The normalized spacial score (nSPS) is 11.2. The van der Waals surface area contributed by atoms with E-state index in [1.54, 1.807) is 13.3 Å². The molecule has 1 heterocycles. The lowest BCUT2D eigenvalue weighted by molar-refractivity contribution is 0.224. The summed E-state index contributed by atoms with van der Waals surface area (Å²) in [5, 5.41) is 5.68. The predicted molar refractivity (Wildman–Crippen MR) is 102 cm³/mol. The number of hydrogen-bond donors (Lipinski definition) is 1. The standard InChI is InChI=1S/C18H24N4O4/c1-6-25-15-9-13(7-8-14(15)26-12(2)3)11-19-22(5)16-10-17(23)21(4)18(24)20-16/h7-12H,6H2,1-5H3,(H,20,24). The lowest BCUT2D eigenvalue weighted by Crippen LogP contribution is -2.33. The summed E-state index contributed by atoms with van der Waals surface area (Å²) in [6, 6.07) is 6.81. The Labute approximate surface area is 151 Å². The molecule has 1 aromatic carbocycles. The van der Waals surface area contributed by atoms with E-state index in [1.807, 2.05) is 39.0 Å². The number of benzene rings is 1. The zero-order chi connectivity index (χ0) is 19.3. The van der Waals surface area contributed by atoms with Gasteiger partial charge < -0.3 is 9.47 Å². The molecule has 0 atom stereocenters. The molecule has 0 saturated carbocycles. The van der Waals surface area contributed by atoms with Crippen molar-refractivity contribution in [3.8, 4) is 11.5 Å². The van der Waals surface area contributed by atoms with Crippen molar-refractivity contribution in [2.24, 2.45) is 12.1 Å².